The van der Waals surface area contributed by atoms with E-state index >= 15 is 0 Å². The molecule has 0 heterocycles. The molecule has 0 saturated heterocycles. The summed E-state index contributed by atoms with van der Waals surface area (Å²) in [6, 6.07) is 0. The van der Waals surface area contributed by atoms with Crippen LogP contribution in [0.3, 0.4) is 0 Å². The second-order valence-electron chi connectivity index (χ2n) is 1.52. The van der Waals surface area contributed by atoms with Crippen molar-refractivity contribution in [3.63, 3.8) is 0 Å². The van der Waals surface area contributed by atoms with E-state index in [1.165, 1.54) is 0 Å². The normalized spacial score (nSPS) is 11.6. The Morgan fingerprint density at radius 3 is 2.75 bits per heavy atom. The molecule has 0 aromatic heterocycles. The van der Waals surface area contributed by atoms with E-state index < -0.39 is 0 Å². The summed E-state index contributed by atoms with van der Waals surface area (Å²) in [5, 5.41) is 3.01. The molecule has 0 aliphatic heterocycles. The van der Waals surface area contributed by atoms with Gasteiger partial charge in [-0.15, -0.1) is 0 Å². The number of nitrogens with zero attached hydrogens (tertiary/aromatic N) is 1. The number of hydrogen-bond acceptors (Lipinski definition) is 2. The quantitative estimate of drug-likeness (QED) is 0.379. The van der Waals surface area contributed by atoms with Crippen LogP contribution in [0.15, 0.2) is 4.99 Å². The highest BCUT2D eigenvalue weighted by molar-refractivity contribution is 5.79. The maximum absolute atomic E-state index is 5.21. The summed E-state index contributed by atoms with van der Waals surface area (Å²) in [5.74, 6) is 0.940. The smallest absolute Gasteiger partial charge is 0.0928 e. The Labute approximate surface area is 50.0 Å². The fourth-order valence-electron chi connectivity index (χ4n) is 0.332. The molecular formula is C5H13N3. The first kappa shape index (κ1) is 7.43. The summed E-state index contributed by atoms with van der Waals surface area (Å²) in [7, 11) is 1.75. The third kappa shape index (κ3) is 3.61. The van der Waals surface area contributed by atoms with Gasteiger partial charge >= 0.3 is 0 Å². The largest absolute Gasteiger partial charge is 0.373 e. The molecule has 3 heteroatoms. The van der Waals surface area contributed by atoms with Crippen LogP contribution in [0.5, 0.6) is 0 Å². The van der Waals surface area contributed by atoms with Crippen molar-refractivity contribution in [1.29, 1.82) is 0 Å². The van der Waals surface area contributed by atoms with Crippen molar-refractivity contribution in [3.8, 4) is 0 Å². The first-order valence-corrected chi connectivity index (χ1v) is 2.68. The molecule has 0 aromatic rings. The predicted molar refractivity (Wildman–Crippen MR) is 36.1 cm³/mol. The van der Waals surface area contributed by atoms with Crippen LogP contribution < -0.4 is 11.1 Å². The van der Waals surface area contributed by atoms with Gasteiger partial charge in [0, 0.05) is 20.1 Å². The van der Waals surface area contributed by atoms with Crippen LogP contribution >= 0.6 is 0 Å². The van der Waals surface area contributed by atoms with Crippen molar-refractivity contribution < 1.29 is 0 Å². The number of nitrogens with one attached hydrogen (secondary N) is 1. The molecule has 0 radical (unpaired) electrons. The van der Waals surface area contributed by atoms with Gasteiger partial charge in [-0.2, -0.15) is 0 Å². The van der Waals surface area contributed by atoms with Crippen LogP contribution in [-0.4, -0.2) is 26.0 Å². The van der Waals surface area contributed by atoms with Crippen LogP contribution in [0.2, 0.25) is 0 Å². The van der Waals surface area contributed by atoms with Crippen LogP contribution in [-0.2, 0) is 0 Å². The molecule has 8 heavy (non-hydrogen) atoms. The van der Waals surface area contributed by atoms with Crippen molar-refractivity contribution in [1.82, 2.24) is 5.32 Å². The van der Waals surface area contributed by atoms with E-state index in [2.05, 4.69) is 10.3 Å². The molecule has 0 atom stereocenters. The molecule has 0 saturated carbocycles. The summed E-state index contributed by atoms with van der Waals surface area (Å²) >= 11 is 0. The minimum absolute atomic E-state index is 0.660. The van der Waals surface area contributed by atoms with Gasteiger partial charge in [0.05, 0.1) is 5.84 Å². The topological polar surface area (TPSA) is 50.4 Å². The SMILES string of the molecule is CN=C(C)NCCN. The van der Waals surface area contributed by atoms with Gasteiger partial charge in [-0.1, -0.05) is 0 Å². The molecule has 0 aromatic carbocycles. The van der Waals surface area contributed by atoms with E-state index in [9.17, 15) is 0 Å². The van der Waals surface area contributed by atoms with E-state index in [0.29, 0.717) is 6.54 Å². The van der Waals surface area contributed by atoms with Gasteiger partial charge in [0.2, 0.25) is 0 Å². The zero-order valence-corrected chi connectivity index (χ0v) is 5.44. The number of aliphatic imine (C=N–C) groups is 1. The van der Waals surface area contributed by atoms with Gasteiger partial charge in [0.15, 0.2) is 0 Å². The maximum Gasteiger partial charge on any atom is 0.0928 e. The molecular weight excluding hydrogens is 102 g/mol. The van der Waals surface area contributed by atoms with Gasteiger partial charge in [0.25, 0.3) is 0 Å². The fourth-order valence-corrected chi connectivity index (χ4v) is 0.332. The standard InChI is InChI=1S/C5H13N3/c1-5(7-2)8-4-3-6/h3-4,6H2,1-2H3,(H,7,8). The zero-order valence-electron chi connectivity index (χ0n) is 5.44. The van der Waals surface area contributed by atoms with Crippen LogP contribution in [0, 0.1) is 0 Å². The van der Waals surface area contributed by atoms with E-state index in [-0.39, 0.29) is 0 Å². The van der Waals surface area contributed by atoms with E-state index in [4.69, 9.17) is 5.73 Å². The molecule has 0 fully saturated rings. The highest BCUT2D eigenvalue weighted by Gasteiger charge is 1.81. The molecule has 0 rings (SSSR count). The van der Waals surface area contributed by atoms with Crippen molar-refractivity contribution in [2.75, 3.05) is 20.1 Å². The molecule has 48 valence electrons. The first-order valence-electron chi connectivity index (χ1n) is 2.68. The number of rotatable bonds is 2. The van der Waals surface area contributed by atoms with Gasteiger partial charge in [-0.25, -0.2) is 0 Å². The Morgan fingerprint density at radius 2 is 2.38 bits per heavy atom. The zero-order chi connectivity index (χ0) is 6.41. The average molecular weight is 115 g/mol. The lowest BCUT2D eigenvalue weighted by Gasteiger charge is -1.99. The average Bonchev–Trinajstić information content (AvgIpc) is 1.83. The van der Waals surface area contributed by atoms with Gasteiger partial charge in [0.1, 0.15) is 0 Å². The summed E-state index contributed by atoms with van der Waals surface area (Å²) < 4.78 is 0. The van der Waals surface area contributed by atoms with Gasteiger partial charge in [-0.3, -0.25) is 4.99 Å². The lowest BCUT2D eigenvalue weighted by Crippen LogP contribution is -2.26. The van der Waals surface area contributed by atoms with Crippen molar-refractivity contribution in [2.45, 2.75) is 6.92 Å². The molecule has 0 aliphatic carbocycles. The summed E-state index contributed by atoms with van der Waals surface area (Å²) in [4.78, 5) is 3.88. The molecule has 0 unspecified atom stereocenters. The third-order valence-corrected chi connectivity index (χ3v) is 0.861. The summed E-state index contributed by atoms with van der Waals surface area (Å²) in [6.45, 7) is 3.38. The molecule has 3 nitrogen and oxygen atoms in total. The van der Waals surface area contributed by atoms with Crippen LogP contribution in [0.25, 0.3) is 0 Å². The monoisotopic (exact) mass is 115 g/mol. The Balaban J connectivity index is 3.12. The summed E-state index contributed by atoms with van der Waals surface area (Å²) in [5.41, 5.74) is 5.21. The Hall–Kier alpha value is -0.570. The minimum Gasteiger partial charge on any atom is -0.373 e. The molecule has 3 N–H and O–H groups in total. The van der Waals surface area contributed by atoms with E-state index in [1.54, 1.807) is 7.05 Å². The number of amidine groups is 1. The second kappa shape index (κ2) is 4.59. The number of hydrogen-bond donors (Lipinski definition) is 2. The van der Waals surface area contributed by atoms with Crippen molar-refractivity contribution in [2.24, 2.45) is 10.7 Å². The highest BCUT2D eigenvalue weighted by atomic mass is 15.0. The fraction of sp³-hybridized carbons (Fsp3) is 0.800. The molecule has 0 spiro atoms. The maximum atomic E-state index is 5.21. The van der Waals surface area contributed by atoms with Crippen molar-refractivity contribution in [3.05, 3.63) is 0 Å². The molecule has 0 bridgehead atoms. The summed E-state index contributed by atoms with van der Waals surface area (Å²) in [6.07, 6.45) is 0. The minimum atomic E-state index is 0.660. The van der Waals surface area contributed by atoms with Crippen LogP contribution in [0.1, 0.15) is 6.92 Å². The predicted octanol–water partition coefficient (Wildman–Crippen LogP) is -0.417. The van der Waals surface area contributed by atoms with E-state index in [1.807, 2.05) is 6.92 Å². The highest BCUT2D eigenvalue weighted by Crippen LogP contribution is 1.63. The van der Waals surface area contributed by atoms with Crippen molar-refractivity contribution >= 4 is 5.84 Å². The lowest BCUT2D eigenvalue weighted by atomic mass is 10.6. The first-order chi connectivity index (χ1) is 3.81. The number of nitrogens with two attached hydrogens (primary N) is 1. The van der Waals surface area contributed by atoms with E-state index in [0.717, 1.165) is 12.4 Å². The lowest BCUT2D eigenvalue weighted by molar-refractivity contribution is 0.870. The molecule has 0 aliphatic rings. The Bertz CT molecular complexity index is 77.7. The Morgan fingerprint density at radius 1 is 1.75 bits per heavy atom. The van der Waals surface area contributed by atoms with Crippen LogP contribution in [0.4, 0.5) is 0 Å². The van der Waals surface area contributed by atoms with Gasteiger partial charge in [-0.05, 0) is 6.92 Å². The molecule has 0 amide bonds. The van der Waals surface area contributed by atoms with Gasteiger partial charge < -0.3 is 11.1 Å². The third-order valence-electron chi connectivity index (χ3n) is 0.861. The Kier molecular flexibility index (Phi) is 4.26. The second-order valence-corrected chi connectivity index (χ2v) is 1.52.